The summed E-state index contributed by atoms with van der Waals surface area (Å²) in [4.78, 5) is 20.7. The van der Waals surface area contributed by atoms with E-state index in [-0.39, 0.29) is 0 Å². The highest BCUT2D eigenvalue weighted by atomic mass is 127. The van der Waals surface area contributed by atoms with Crippen molar-refractivity contribution in [2.75, 3.05) is 6.61 Å². The summed E-state index contributed by atoms with van der Waals surface area (Å²) in [5.41, 5.74) is 0. The highest BCUT2D eigenvalue weighted by molar-refractivity contribution is 14.1. The zero-order chi connectivity index (χ0) is 12.0. The SMILES string of the molecule is CC(=O)OC[C@@H](O)[C@@H](O)[C@H](O)[C@@H](I)C=O. The van der Waals surface area contributed by atoms with Gasteiger partial charge < -0.3 is 24.9 Å². The van der Waals surface area contributed by atoms with Gasteiger partial charge in [0.1, 0.15) is 31.2 Å². The topological polar surface area (TPSA) is 104 Å². The molecule has 0 amide bonds. The maximum atomic E-state index is 10.4. The lowest BCUT2D eigenvalue weighted by Crippen LogP contribution is -2.44. The molecule has 0 aromatic rings. The molecule has 0 aliphatic carbocycles. The summed E-state index contributed by atoms with van der Waals surface area (Å²) in [7, 11) is 0. The van der Waals surface area contributed by atoms with Gasteiger partial charge in [0.2, 0.25) is 0 Å². The minimum atomic E-state index is -1.53. The van der Waals surface area contributed by atoms with Crippen LogP contribution in [0.2, 0.25) is 0 Å². The van der Waals surface area contributed by atoms with E-state index in [0.29, 0.717) is 6.29 Å². The Bertz CT molecular complexity index is 221. The molecule has 0 rings (SSSR count). The van der Waals surface area contributed by atoms with Gasteiger partial charge >= 0.3 is 5.97 Å². The van der Waals surface area contributed by atoms with E-state index >= 15 is 0 Å². The zero-order valence-corrected chi connectivity index (χ0v) is 10.2. The lowest BCUT2D eigenvalue weighted by molar-refractivity contribution is -0.149. The minimum Gasteiger partial charge on any atom is -0.463 e. The van der Waals surface area contributed by atoms with Crippen LogP contribution in [0.3, 0.4) is 0 Å². The quantitative estimate of drug-likeness (QED) is 0.240. The van der Waals surface area contributed by atoms with Gasteiger partial charge in [0, 0.05) is 6.92 Å². The third-order valence-electron chi connectivity index (χ3n) is 1.66. The standard InChI is InChI=1S/C8H13IO6/c1-4(11)15-3-6(12)8(14)7(13)5(9)2-10/h2,5-8,12-14H,3H2,1H3/t5-,6+,7+,8+/m0/s1. The number of aliphatic hydroxyl groups is 3. The largest absolute Gasteiger partial charge is 0.463 e. The molecule has 3 N–H and O–H groups in total. The third-order valence-corrected chi connectivity index (χ3v) is 2.69. The van der Waals surface area contributed by atoms with Crippen LogP contribution in [0, 0.1) is 0 Å². The van der Waals surface area contributed by atoms with Crippen molar-refractivity contribution in [3.05, 3.63) is 0 Å². The minimum absolute atomic E-state index is 0.421. The summed E-state index contributed by atoms with van der Waals surface area (Å²) in [5, 5.41) is 28.0. The molecule has 0 aliphatic rings. The smallest absolute Gasteiger partial charge is 0.302 e. The van der Waals surface area contributed by atoms with E-state index in [4.69, 9.17) is 0 Å². The van der Waals surface area contributed by atoms with Crippen LogP contribution < -0.4 is 0 Å². The molecule has 0 unspecified atom stereocenters. The molecule has 0 saturated heterocycles. The monoisotopic (exact) mass is 332 g/mol. The Labute approximate surface area is 100 Å². The van der Waals surface area contributed by atoms with Crippen LogP contribution in [-0.2, 0) is 14.3 Å². The van der Waals surface area contributed by atoms with E-state index in [2.05, 4.69) is 4.74 Å². The molecular formula is C8H13IO6. The maximum absolute atomic E-state index is 10.4. The Balaban J connectivity index is 4.11. The zero-order valence-electron chi connectivity index (χ0n) is 8.04. The van der Waals surface area contributed by atoms with Gasteiger partial charge in [0.15, 0.2) is 0 Å². The third kappa shape index (κ3) is 5.40. The van der Waals surface area contributed by atoms with Crippen molar-refractivity contribution in [2.45, 2.75) is 29.2 Å². The Morgan fingerprint density at radius 1 is 1.40 bits per heavy atom. The van der Waals surface area contributed by atoms with Crippen LogP contribution in [0.4, 0.5) is 0 Å². The first-order valence-electron chi connectivity index (χ1n) is 4.17. The van der Waals surface area contributed by atoms with Crippen molar-refractivity contribution in [3.8, 4) is 0 Å². The highest BCUT2D eigenvalue weighted by Crippen LogP contribution is 2.11. The molecule has 0 bridgehead atoms. The Hall–Kier alpha value is -0.250. The van der Waals surface area contributed by atoms with Crippen molar-refractivity contribution < 1.29 is 29.6 Å². The highest BCUT2D eigenvalue weighted by Gasteiger charge is 2.30. The summed E-state index contributed by atoms with van der Waals surface area (Å²) in [6.45, 7) is 0.734. The Morgan fingerprint density at radius 2 is 1.93 bits per heavy atom. The van der Waals surface area contributed by atoms with Crippen molar-refractivity contribution in [3.63, 3.8) is 0 Å². The summed E-state index contributed by atoms with van der Waals surface area (Å²) >= 11 is 1.62. The second-order valence-corrected chi connectivity index (χ2v) is 4.37. The van der Waals surface area contributed by atoms with Crippen molar-refractivity contribution in [1.29, 1.82) is 0 Å². The number of hydrogen-bond donors (Lipinski definition) is 3. The van der Waals surface area contributed by atoms with Crippen LogP contribution >= 0.6 is 22.6 Å². The number of aldehydes is 1. The van der Waals surface area contributed by atoms with Gasteiger partial charge in [0.25, 0.3) is 0 Å². The molecule has 15 heavy (non-hydrogen) atoms. The van der Waals surface area contributed by atoms with Gasteiger partial charge in [-0.1, -0.05) is 22.6 Å². The lowest BCUT2D eigenvalue weighted by atomic mass is 10.1. The average molecular weight is 332 g/mol. The molecule has 4 atom stereocenters. The van der Waals surface area contributed by atoms with Crippen molar-refractivity contribution >= 4 is 34.8 Å². The second-order valence-electron chi connectivity index (χ2n) is 2.93. The number of ether oxygens (including phenoxy) is 1. The number of rotatable bonds is 6. The van der Waals surface area contributed by atoms with Crippen LogP contribution in [0.5, 0.6) is 0 Å². The first-order valence-corrected chi connectivity index (χ1v) is 5.41. The molecule has 0 heterocycles. The number of hydrogen-bond acceptors (Lipinski definition) is 6. The van der Waals surface area contributed by atoms with E-state index in [1.165, 1.54) is 0 Å². The summed E-state index contributed by atoms with van der Waals surface area (Å²) in [6, 6.07) is 0. The number of carbonyl (C=O) groups is 2. The number of carbonyl (C=O) groups excluding carboxylic acids is 2. The summed E-state index contributed by atoms with van der Waals surface area (Å²) < 4.78 is 3.61. The van der Waals surface area contributed by atoms with E-state index in [0.717, 1.165) is 6.92 Å². The van der Waals surface area contributed by atoms with Crippen LogP contribution in [-0.4, -0.2) is 56.4 Å². The molecule has 0 fully saturated rings. The number of esters is 1. The van der Waals surface area contributed by atoms with Crippen LogP contribution in [0.1, 0.15) is 6.92 Å². The van der Waals surface area contributed by atoms with Gasteiger partial charge in [-0.3, -0.25) is 4.79 Å². The maximum Gasteiger partial charge on any atom is 0.302 e. The molecule has 7 heteroatoms. The first-order chi connectivity index (χ1) is 6.90. The van der Waals surface area contributed by atoms with E-state index in [9.17, 15) is 24.9 Å². The predicted octanol–water partition coefficient (Wildman–Crippen LogP) is -1.37. The predicted molar refractivity (Wildman–Crippen MR) is 58.5 cm³/mol. The van der Waals surface area contributed by atoms with Crippen LogP contribution in [0.25, 0.3) is 0 Å². The molecule has 0 radical (unpaired) electrons. The summed E-state index contributed by atoms with van der Waals surface area (Å²) in [5.74, 6) is -0.600. The fourth-order valence-electron chi connectivity index (χ4n) is 0.798. The molecule has 0 aliphatic heterocycles. The normalized spacial score (nSPS) is 18.7. The molecule has 0 aromatic heterocycles. The van der Waals surface area contributed by atoms with E-state index < -0.39 is 34.8 Å². The molecule has 0 aromatic carbocycles. The van der Waals surface area contributed by atoms with Crippen molar-refractivity contribution in [2.24, 2.45) is 0 Å². The van der Waals surface area contributed by atoms with Gasteiger partial charge in [0.05, 0.1) is 3.92 Å². The number of aliphatic hydroxyl groups excluding tert-OH is 3. The Morgan fingerprint density at radius 3 is 2.33 bits per heavy atom. The average Bonchev–Trinajstić information content (AvgIpc) is 2.22. The lowest BCUT2D eigenvalue weighted by Gasteiger charge is -2.23. The summed E-state index contributed by atoms with van der Waals surface area (Å²) in [6.07, 6.45) is -3.89. The van der Waals surface area contributed by atoms with Crippen molar-refractivity contribution in [1.82, 2.24) is 0 Å². The number of halogens is 1. The fraction of sp³-hybridized carbons (Fsp3) is 0.750. The Kier molecular flexibility index (Phi) is 6.98. The fourth-order valence-corrected chi connectivity index (χ4v) is 1.22. The second kappa shape index (κ2) is 7.09. The van der Waals surface area contributed by atoms with E-state index in [1.54, 1.807) is 22.6 Å². The van der Waals surface area contributed by atoms with E-state index in [1.807, 2.05) is 0 Å². The molecule has 88 valence electrons. The molecule has 0 spiro atoms. The van der Waals surface area contributed by atoms with Gasteiger partial charge in [-0.25, -0.2) is 0 Å². The van der Waals surface area contributed by atoms with Gasteiger partial charge in [-0.2, -0.15) is 0 Å². The van der Waals surface area contributed by atoms with Gasteiger partial charge in [-0.15, -0.1) is 0 Å². The molecular weight excluding hydrogens is 319 g/mol. The molecule has 0 saturated carbocycles. The van der Waals surface area contributed by atoms with Crippen LogP contribution in [0.15, 0.2) is 0 Å². The molecule has 6 nitrogen and oxygen atoms in total. The first kappa shape index (κ1) is 14.8. The van der Waals surface area contributed by atoms with Gasteiger partial charge in [-0.05, 0) is 0 Å². The number of alkyl halides is 1.